The molecule has 1 amide bonds. The Labute approximate surface area is 105 Å². The van der Waals surface area contributed by atoms with Crippen molar-refractivity contribution in [1.82, 2.24) is 5.32 Å². The first-order valence-electron chi connectivity index (χ1n) is 6.25. The van der Waals surface area contributed by atoms with Crippen molar-refractivity contribution in [3.63, 3.8) is 0 Å². The summed E-state index contributed by atoms with van der Waals surface area (Å²) in [5, 5.41) is 11.6. The molecule has 0 radical (unpaired) electrons. The second-order valence-corrected chi connectivity index (χ2v) is 6.45. The fraction of sp³-hybridized carbons (Fsp3) is 0.833. The van der Waals surface area contributed by atoms with Gasteiger partial charge in [-0.1, -0.05) is 0 Å². The van der Waals surface area contributed by atoms with Crippen LogP contribution in [-0.2, 0) is 9.59 Å². The number of carboxylic acids is 1. The summed E-state index contributed by atoms with van der Waals surface area (Å²) in [5.74, 6) is 2.67. The second kappa shape index (κ2) is 4.19. The van der Waals surface area contributed by atoms with Crippen molar-refractivity contribution >= 4 is 23.6 Å². The monoisotopic (exact) mass is 255 g/mol. The van der Waals surface area contributed by atoms with Gasteiger partial charge in [0.2, 0.25) is 5.91 Å². The Kier molecular flexibility index (Phi) is 2.81. The minimum Gasteiger partial charge on any atom is -0.481 e. The van der Waals surface area contributed by atoms with E-state index < -0.39 is 5.97 Å². The van der Waals surface area contributed by atoms with Gasteiger partial charge >= 0.3 is 5.97 Å². The Hall–Kier alpha value is -0.710. The second-order valence-electron chi connectivity index (χ2n) is 5.47. The van der Waals surface area contributed by atoms with Gasteiger partial charge in [-0.05, 0) is 42.9 Å². The molecule has 3 aliphatic carbocycles. The van der Waals surface area contributed by atoms with Gasteiger partial charge in [-0.2, -0.15) is 0 Å². The summed E-state index contributed by atoms with van der Waals surface area (Å²) in [7, 11) is 0. The molecule has 17 heavy (non-hydrogen) atoms. The van der Waals surface area contributed by atoms with Crippen molar-refractivity contribution in [1.29, 1.82) is 0 Å². The highest BCUT2D eigenvalue weighted by molar-refractivity contribution is 8.00. The molecule has 4 nitrogen and oxygen atoms in total. The van der Waals surface area contributed by atoms with Crippen LogP contribution in [0.3, 0.4) is 0 Å². The first kappa shape index (κ1) is 11.4. The lowest BCUT2D eigenvalue weighted by atomic mass is 10.0. The molecule has 5 heteroatoms. The highest BCUT2D eigenvalue weighted by Gasteiger charge is 2.65. The summed E-state index contributed by atoms with van der Waals surface area (Å²) in [4.78, 5) is 21.9. The van der Waals surface area contributed by atoms with Crippen LogP contribution in [0.15, 0.2) is 0 Å². The molecule has 0 aromatic rings. The van der Waals surface area contributed by atoms with Gasteiger partial charge in [0.25, 0.3) is 0 Å². The average Bonchev–Trinajstić information content (AvgIpc) is 2.70. The summed E-state index contributed by atoms with van der Waals surface area (Å²) in [6.07, 6.45) is 4.09. The van der Waals surface area contributed by atoms with E-state index in [4.69, 9.17) is 5.11 Å². The van der Waals surface area contributed by atoms with Gasteiger partial charge in [0.05, 0.1) is 11.5 Å². The predicted octanol–water partition coefficient (Wildman–Crippen LogP) is 0.965. The molecule has 3 aliphatic rings. The Morgan fingerprint density at radius 3 is 2.41 bits per heavy atom. The molecule has 3 fully saturated rings. The van der Waals surface area contributed by atoms with Gasteiger partial charge in [-0.15, -0.1) is 11.8 Å². The van der Waals surface area contributed by atoms with E-state index in [-0.39, 0.29) is 17.4 Å². The van der Waals surface area contributed by atoms with Gasteiger partial charge in [0.15, 0.2) is 0 Å². The molecule has 4 unspecified atom stereocenters. The number of carbonyl (C=O) groups is 2. The van der Waals surface area contributed by atoms with E-state index >= 15 is 0 Å². The van der Waals surface area contributed by atoms with Crippen molar-refractivity contribution in [2.24, 2.45) is 23.7 Å². The molecule has 94 valence electrons. The quantitative estimate of drug-likeness (QED) is 0.768. The Morgan fingerprint density at radius 2 is 1.82 bits per heavy atom. The van der Waals surface area contributed by atoms with Crippen molar-refractivity contribution in [2.45, 2.75) is 25.3 Å². The van der Waals surface area contributed by atoms with Crippen LogP contribution in [0.5, 0.6) is 0 Å². The van der Waals surface area contributed by atoms with Gasteiger partial charge < -0.3 is 10.4 Å². The number of carbonyl (C=O) groups excluding carboxylic acids is 1. The maximum Gasteiger partial charge on any atom is 0.313 e. The van der Waals surface area contributed by atoms with E-state index in [1.165, 1.54) is 31.0 Å². The minimum absolute atomic E-state index is 0.00931. The molecule has 3 saturated carbocycles. The first-order chi connectivity index (χ1) is 8.16. The molecule has 0 saturated heterocycles. The van der Waals surface area contributed by atoms with E-state index in [1.54, 1.807) is 0 Å². The van der Waals surface area contributed by atoms with Crippen LogP contribution in [0.4, 0.5) is 0 Å². The SMILES string of the molecule is O=C(O)CSCC(=O)NC1C2C3CCC(C3)C12. The van der Waals surface area contributed by atoms with Crippen LogP contribution >= 0.6 is 11.8 Å². The maximum absolute atomic E-state index is 11.6. The summed E-state index contributed by atoms with van der Waals surface area (Å²) < 4.78 is 0. The predicted molar refractivity (Wildman–Crippen MR) is 64.7 cm³/mol. The van der Waals surface area contributed by atoms with Crippen LogP contribution in [0.2, 0.25) is 0 Å². The molecule has 0 heterocycles. The molecule has 2 bridgehead atoms. The van der Waals surface area contributed by atoms with Crippen molar-refractivity contribution in [3.05, 3.63) is 0 Å². The third-order valence-electron chi connectivity index (χ3n) is 4.52. The lowest BCUT2D eigenvalue weighted by molar-refractivity contribution is -0.133. The zero-order chi connectivity index (χ0) is 12.0. The Bertz CT molecular complexity index is 344. The maximum atomic E-state index is 11.6. The molecular formula is C12H17NO3S. The van der Waals surface area contributed by atoms with Crippen LogP contribution in [0.1, 0.15) is 19.3 Å². The normalized spacial score (nSPS) is 41.1. The van der Waals surface area contributed by atoms with Crippen molar-refractivity contribution in [2.75, 3.05) is 11.5 Å². The van der Waals surface area contributed by atoms with E-state index in [0.29, 0.717) is 6.04 Å². The lowest BCUT2D eigenvalue weighted by Gasteiger charge is -2.10. The minimum atomic E-state index is -0.857. The van der Waals surface area contributed by atoms with E-state index in [0.717, 1.165) is 23.7 Å². The molecule has 4 atom stereocenters. The zero-order valence-corrected chi connectivity index (χ0v) is 10.4. The Morgan fingerprint density at radius 1 is 1.18 bits per heavy atom. The van der Waals surface area contributed by atoms with E-state index in [9.17, 15) is 9.59 Å². The number of hydrogen-bond donors (Lipinski definition) is 2. The van der Waals surface area contributed by atoms with Crippen molar-refractivity contribution in [3.8, 4) is 0 Å². The molecule has 2 N–H and O–H groups in total. The smallest absolute Gasteiger partial charge is 0.313 e. The summed E-state index contributed by atoms with van der Waals surface area (Å²) in [6.45, 7) is 0. The van der Waals surface area contributed by atoms with E-state index in [2.05, 4.69) is 5.32 Å². The summed E-state index contributed by atoms with van der Waals surface area (Å²) in [5.41, 5.74) is 0. The number of aliphatic carboxylic acids is 1. The zero-order valence-electron chi connectivity index (χ0n) is 9.59. The van der Waals surface area contributed by atoms with Crippen LogP contribution in [-0.4, -0.2) is 34.5 Å². The molecular weight excluding hydrogens is 238 g/mol. The largest absolute Gasteiger partial charge is 0.481 e. The van der Waals surface area contributed by atoms with Crippen LogP contribution in [0.25, 0.3) is 0 Å². The molecule has 0 aromatic carbocycles. The van der Waals surface area contributed by atoms with Gasteiger partial charge in [0, 0.05) is 6.04 Å². The summed E-state index contributed by atoms with van der Waals surface area (Å²) in [6, 6.07) is 0.416. The number of fused-ring (bicyclic) bond motifs is 5. The number of amides is 1. The van der Waals surface area contributed by atoms with E-state index in [1.807, 2.05) is 0 Å². The molecule has 0 aliphatic heterocycles. The fourth-order valence-corrected chi connectivity index (χ4v) is 4.52. The van der Waals surface area contributed by atoms with Crippen molar-refractivity contribution < 1.29 is 14.7 Å². The molecule has 3 rings (SSSR count). The number of thioether (sulfide) groups is 1. The highest BCUT2D eigenvalue weighted by Crippen LogP contribution is 2.65. The fourth-order valence-electron chi connectivity index (χ4n) is 3.98. The number of rotatable bonds is 5. The van der Waals surface area contributed by atoms with Crippen LogP contribution < -0.4 is 5.32 Å². The number of hydrogen-bond acceptors (Lipinski definition) is 3. The van der Waals surface area contributed by atoms with Gasteiger partial charge in [-0.3, -0.25) is 9.59 Å². The number of nitrogens with one attached hydrogen (secondary N) is 1. The topological polar surface area (TPSA) is 66.4 Å². The van der Waals surface area contributed by atoms with Gasteiger partial charge in [-0.25, -0.2) is 0 Å². The summed E-state index contributed by atoms with van der Waals surface area (Å²) >= 11 is 1.17. The molecule has 0 aromatic heterocycles. The lowest BCUT2D eigenvalue weighted by Crippen LogP contribution is -2.31. The first-order valence-corrected chi connectivity index (χ1v) is 7.41. The third-order valence-corrected chi connectivity index (χ3v) is 5.44. The standard InChI is InChI=1S/C12H17NO3S/c14-8(4-17-5-9(15)16)13-12-10-6-1-2-7(3-6)11(10)12/h6-7,10-12H,1-5H2,(H,13,14)(H,15,16). The average molecular weight is 255 g/mol. The Balaban J connectivity index is 1.41. The molecule has 0 spiro atoms. The van der Waals surface area contributed by atoms with Crippen LogP contribution in [0, 0.1) is 23.7 Å². The van der Waals surface area contributed by atoms with Gasteiger partial charge in [0.1, 0.15) is 0 Å². The third kappa shape index (κ3) is 2.05. The number of carboxylic acid groups (broad SMARTS) is 1. The highest BCUT2D eigenvalue weighted by atomic mass is 32.2.